The molecule has 2 aliphatic heterocycles. The van der Waals surface area contributed by atoms with Crippen molar-refractivity contribution in [1.82, 2.24) is 24.5 Å². The van der Waals surface area contributed by atoms with E-state index in [1.54, 1.807) is 6.92 Å². The summed E-state index contributed by atoms with van der Waals surface area (Å²) in [6.45, 7) is 13.4. The molecule has 1 unspecified atom stereocenters. The van der Waals surface area contributed by atoms with Crippen molar-refractivity contribution in [2.45, 2.75) is 71.6 Å². The number of likely N-dealkylation sites (tertiary alicyclic amines) is 1. The first kappa shape index (κ1) is 22.2. The molecule has 3 rings (SSSR count). The second kappa shape index (κ2) is 10.5. The van der Waals surface area contributed by atoms with E-state index in [2.05, 4.69) is 40.5 Å². The van der Waals surface area contributed by atoms with E-state index in [9.17, 15) is 4.79 Å². The number of nitrogens with zero attached hydrogens (tertiary/aromatic N) is 5. The van der Waals surface area contributed by atoms with Crippen LogP contribution in [-0.2, 0) is 22.6 Å². The Morgan fingerprint density at radius 3 is 2.66 bits per heavy atom. The number of carbonyl (C=O) groups is 1. The van der Waals surface area contributed by atoms with Gasteiger partial charge >= 0.3 is 0 Å². The summed E-state index contributed by atoms with van der Waals surface area (Å²) in [4.78, 5) is 19.1. The lowest BCUT2D eigenvalue weighted by atomic mass is 9.98. The van der Waals surface area contributed by atoms with Crippen LogP contribution in [0.1, 0.15) is 50.8 Å². The van der Waals surface area contributed by atoms with Gasteiger partial charge in [-0.25, -0.2) is 0 Å². The lowest BCUT2D eigenvalue weighted by molar-refractivity contribution is -0.131. The van der Waals surface area contributed by atoms with Crippen LogP contribution in [0.15, 0.2) is 6.20 Å². The summed E-state index contributed by atoms with van der Waals surface area (Å²) >= 11 is 0. The maximum absolute atomic E-state index is 11.9. The first-order chi connectivity index (χ1) is 14.0. The quantitative estimate of drug-likeness (QED) is 0.663. The fraction of sp³-hybridized carbons (Fsp3) is 0.818. The van der Waals surface area contributed by atoms with Crippen LogP contribution in [0.3, 0.4) is 0 Å². The van der Waals surface area contributed by atoms with E-state index in [1.807, 2.05) is 11.1 Å². The molecule has 1 amide bonds. The second-order valence-corrected chi connectivity index (χ2v) is 8.65. The Labute approximate surface area is 176 Å². The normalized spacial score (nSPS) is 21.3. The van der Waals surface area contributed by atoms with E-state index in [4.69, 9.17) is 4.74 Å². The number of amides is 1. The minimum Gasteiger partial charge on any atom is -0.381 e. The highest BCUT2D eigenvalue weighted by Crippen LogP contribution is 2.23. The van der Waals surface area contributed by atoms with Gasteiger partial charge in [0.1, 0.15) is 0 Å². The molecule has 0 aromatic carbocycles. The van der Waals surface area contributed by atoms with Crippen molar-refractivity contribution in [3.05, 3.63) is 17.5 Å². The predicted octanol–water partition coefficient (Wildman–Crippen LogP) is 2.14. The summed E-state index contributed by atoms with van der Waals surface area (Å²) in [6, 6.07) is 1.03. The summed E-state index contributed by atoms with van der Waals surface area (Å²) in [5.41, 5.74) is 2.58. The molecular formula is C22H39N5O2. The molecule has 2 aliphatic rings. The first-order valence-electron chi connectivity index (χ1n) is 11.3. The molecule has 1 aromatic heterocycles. The second-order valence-electron chi connectivity index (χ2n) is 8.65. The van der Waals surface area contributed by atoms with Gasteiger partial charge in [-0.3, -0.25) is 14.4 Å². The van der Waals surface area contributed by atoms with Crippen molar-refractivity contribution >= 4 is 5.91 Å². The van der Waals surface area contributed by atoms with Crippen molar-refractivity contribution in [2.75, 3.05) is 46.4 Å². The highest BCUT2D eigenvalue weighted by atomic mass is 16.5. The van der Waals surface area contributed by atoms with Crippen LogP contribution < -0.4 is 0 Å². The number of carbonyl (C=O) groups excluding carboxylic acids is 1. The van der Waals surface area contributed by atoms with E-state index in [1.165, 1.54) is 17.7 Å². The molecule has 2 saturated heterocycles. The summed E-state index contributed by atoms with van der Waals surface area (Å²) in [5.74, 6) is 0.210. The van der Waals surface area contributed by atoms with Gasteiger partial charge in [0, 0.05) is 82.7 Å². The number of rotatable bonds is 8. The summed E-state index contributed by atoms with van der Waals surface area (Å²) < 4.78 is 7.68. The topological polar surface area (TPSA) is 53.8 Å². The largest absolute Gasteiger partial charge is 0.381 e. The van der Waals surface area contributed by atoms with E-state index < -0.39 is 0 Å². The van der Waals surface area contributed by atoms with E-state index >= 15 is 0 Å². The van der Waals surface area contributed by atoms with E-state index in [0.29, 0.717) is 12.1 Å². The average Bonchev–Trinajstić information content (AvgIpc) is 3.08. The number of piperidine rings is 1. The van der Waals surface area contributed by atoms with Gasteiger partial charge in [-0.2, -0.15) is 5.10 Å². The summed E-state index contributed by atoms with van der Waals surface area (Å²) in [7, 11) is 2.20. The average molecular weight is 406 g/mol. The number of hydrogen-bond donors (Lipinski definition) is 0. The summed E-state index contributed by atoms with van der Waals surface area (Å²) in [6.07, 6.45) is 6.51. The van der Waals surface area contributed by atoms with Crippen molar-refractivity contribution < 1.29 is 9.53 Å². The number of hydrogen-bond acceptors (Lipinski definition) is 5. The van der Waals surface area contributed by atoms with Crippen LogP contribution in [0.5, 0.6) is 0 Å². The molecule has 0 bridgehead atoms. The molecule has 2 fully saturated rings. The molecule has 7 heteroatoms. The van der Waals surface area contributed by atoms with Crippen LogP contribution in [0.4, 0.5) is 0 Å². The number of aryl methyl sites for hydroxylation is 1. The predicted molar refractivity (Wildman–Crippen MR) is 115 cm³/mol. The Bertz CT molecular complexity index is 656. The number of aromatic nitrogens is 2. The highest BCUT2D eigenvalue weighted by Gasteiger charge is 2.32. The van der Waals surface area contributed by atoms with Gasteiger partial charge in [-0.15, -0.1) is 0 Å². The molecule has 0 spiro atoms. The molecule has 29 heavy (non-hydrogen) atoms. The van der Waals surface area contributed by atoms with Gasteiger partial charge in [-0.1, -0.05) is 0 Å². The Morgan fingerprint density at radius 2 is 2.00 bits per heavy atom. The van der Waals surface area contributed by atoms with Gasteiger partial charge in [0.2, 0.25) is 5.91 Å². The minimum absolute atomic E-state index is 0.210. The zero-order valence-electron chi connectivity index (χ0n) is 18.8. The molecule has 0 radical (unpaired) electrons. The fourth-order valence-electron chi connectivity index (χ4n) is 4.81. The molecule has 164 valence electrons. The van der Waals surface area contributed by atoms with Crippen LogP contribution in [-0.4, -0.2) is 88.9 Å². The molecule has 1 atom stereocenters. The number of ether oxygens (including phenoxy) is 1. The van der Waals surface area contributed by atoms with Gasteiger partial charge in [-0.05, 0) is 46.6 Å². The van der Waals surface area contributed by atoms with Gasteiger partial charge in [0.25, 0.3) is 0 Å². The van der Waals surface area contributed by atoms with Crippen molar-refractivity contribution in [1.29, 1.82) is 0 Å². The lowest BCUT2D eigenvalue weighted by Crippen LogP contribution is -2.55. The first-order valence-corrected chi connectivity index (χ1v) is 11.3. The van der Waals surface area contributed by atoms with Crippen LogP contribution >= 0.6 is 0 Å². The van der Waals surface area contributed by atoms with E-state index in [0.717, 1.165) is 71.7 Å². The molecule has 0 saturated carbocycles. The standard InChI is InChI=1S/C22H39N5O2/c1-5-27-18(2)20(15-23-27)16-24(4)11-12-26(21-8-13-29-14-9-21)22-7-6-10-25(17-22)19(3)28/h15,21-22H,5-14,16-17H2,1-4H3. The third kappa shape index (κ3) is 5.80. The number of likely N-dealkylation sites (N-methyl/N-ethyl adjacent to an activating group) is 1. The van der Waals surface area contributed by atoms with Crippen LogP contribution in [0, 0.1) is 6.92 Å². The summed E-state index contributed by atoms with van der Waals surface area (Å²) in [5, 5.41) is 4.48. The maximum atomic E-state index is 11.9. The van der Waals surface area contributed by atoms with Gasteiger partial charge < -0.3 is 14.5 Å². The molecule has 0 N–H and O–H groups in total. The highest BCUT2D eigenvalue weighted by molar-refractivity contribution is 5.73. The Balaban J connectivity index is 1.61. The van der Waals surface area contributed by atoms with Crippen LogP contribution in [0.25, 0.3) is 0 Å². The Kier molecular flexibility index (Phi) is 8.09. The molecule has 7 nitrogen and oxygen atoms in total. The Morgan fingerprint density at radius 1 is 1.24 bits per heavy atom. The van der Waals surface area contributed by atoms with Crippen molar-refractivity contribution in [2.24, 2.45) is 0 Å². The van der Waals surface area contributed by atoms with Crippen molar-refractivity contribution in [3.8, 4) is 0 Å². The van der Waals surface area contributed by atoms with Gasteiger partial charge in [0.05, 0.1) is 6.20 Å². The van der Waals surface area contributed by atoms with Crippen LogP contribution in [0.2, 0.25) is 0 Å². The molecule has 0 aliphatic carbocycles. The zero-order valence-corrected chi connectivity index (χ0v) is 18.8. The Hall–Kier alpha value is -1.44. The zero-order chi connectivity index (χ0) is 20.8. The smallest absolute Gasteiger partial charge is 0.219 e. The maximum Gasteiger partial charge on any atom is 0.219 e. The lowest BCUT2D eigenvalue weighted by Gasteiger charge is -2.44. The fourth-order valence-corrected chi connectivity index (χ4v) is 4.81. The SMILES string of the molecule is CCn1ncc(CN(C)CCN(C2CCOCC2)C2CCCN(C(C)=O)C2)c1C. The van der Waals surface area contributed by atoms with Gasteiger partial charge in [0.15, 0.2) is 0 Å². The monoisotopic (exact) mass is 405 g/mol. The molecule has 3 heterocycles. The minimum atomic E-state index is 0.210. The van der Waals surface area contributed by atoms with Crippen molar-refractivity contribution in [3.63, 3.8) is 0 Å². The third-order valence-corrected chi connectivity index (χ3v) is 6.66. The van der Waals surface area contributed by atoms with E-state index in [-0.39, 0.29) is 5.91 Å². The third-order valence-electron chi connectivity index (χ3n) is 6.66. The molecular weight excluding hydrogens is 366 g/mol. The molecule has 1 aromatic rings.